The van der Waals surface area contributed by atoms with Gasteiger partial charge >= 0.3 is 0 Å². The molecule has 0 aliphatic carbocycles. The van der Waals surface area contributed by atoms with Crippen molar-refractivity contribution < 1.29 is 8.42 Å². The molecule has 5 nitrogen and oxygen atoms in total. The van der Waals surface area contributed by atoms with E-state index in [4.69, 9.17) is 0 Å². The van der Waals surface area contributed by atoms with Crippen molar-refractivity contribution in [3.63, 3.8) is 0 Å². The molecule has 2 rings (SSSR count). The third-order valence-electron chi connectivity index (χ3n) is 3.22. The molecular formula is C9H19N3O2S. The van der Waals surface area contributed by atoms with E-state index in [1.165, 1.54) is 0 Å². The number of nitrogens with zero attached hydrogens (tertiary/aromatic N) is 1. The third kappa shape index (κ3) is 2.50. The molecule has 0 spiro atoms. The van der Waals surface area contributed by atoms with E-state index in [0.29, 0.717) is 19.0 Å². The Bertz CT molecular complexity index is 311. The molecular weight excluding hydrogens is 214 g/mol. The molecule has 0 saturated carbocycles. The summed E-state index contributed by atoms with van der Waals surface area (Å²) in [4.78, 5) is 0. The predicted molar refractivity (Wildman–Crippen MR) is 58.7 cm³/mol. The Morgan fingerprint density at radius 3 is 2.47 bits per heavy atom. The average Bonchev–Trinajstić information content (AvgIpc) is 2.77. The van der Waals surface area contributed by atoms with E-state index in [2.05, 4.69) is 17.0 Å². The fourth-order valence-corrected chi connectivity index (χ4v) is 3.75. The zero-order valence-corrected chi connectivity index (χ0v) is 9.89. The number of rotatable bonds is 3. The number of nitrogens with one attached hydrogen (secondary N) is 2. The van der Waals surface area contributed by atoms with Gasteiger partial charge in [0.1, 0.15) is 0 Å². The van der Waals surface area contributed by atoms with Crippen LogP contribution in [0, 0.1) is 5.92 Å². The lowest BCUT2D eigenvalue weighted by molar-refractivity contribution is 0.437. The zero-order chi connectivity index (χ0) is 10.9. The molecule has 0 aromatic heterocycles. The summed E-state index contributed by atoms with van der Waals surface area (Å²) in [5, 5.41) is 3.19. The molecule has 0 radical (unpaired) electrons. The highest BCUT2D eigenvalue weighted by Crippen LogP contribution is 2.14. The molecule has 2 saturated heterocycles. The SMILES string of the molecule is CC1CNCC1NS(=O)(=O)N1CCCC1. The van der Waals surface area contributed by atoms with Crippen LogP contribution in [0.25, 0.3) is 0 Å². The van der Waals surface area contributed by atoms with Gasteiger partial charge in [-0.1, -0.05) is 6.92 Å². The fourth-order valence-electron chi connectivity index (χ4n) is 2.16. The minimum absolute atomic E-state index is 0.0515. The van der Waals surface area contributed by atoms with Crippen molar-refractivity contribution in [2.24, 2.45) is 5.92 Å². The minimum Gasteiger partial charge on any atom is -0.315 e. The Morgan fingerprint density at radius 2 is 1.93 bits per heavy atom. The largest absolute Gasteiger partial charge is 0.315 e. The van der Waals surface area contributed by atoms with Gasteiger partial charge in [0.05, 0.1) is 0 Å². The molecule has 0 aromatic rings. The first-order chi connectivity index (χ1) is 7.09. The van der Waals surface area contributed by atoms with Crippen LogP contribution in [0.1, 0.15) is 19.8 Å². The Kier molecular flexibility index (Phi) is 3.30. The highest BCUT2D eigenvalue weighted by atomic mass is 32.2. The summed E-state index contributed by atoms with van der Waals surface area (Å²) in [6, 6.07) is 0.0515. The van der Waals surface area contributed by atoms with Gasteiger partial charge < -0.3 is 5.32 Å². The molecule has 88 valence electrons. The molecule has 6 heteroatoms. The van der Waals surface area contributed by atoms with Gasteiger partial charge in [0, 0.05) is 25.7 Å². The van der Waals surface area contributed by atoms with E-state index in [9.17, 15) is 8.42 Å². The van der Waals surface area contributed by atoms with Crippen LogP contribution in [-0.2, 0) is 10.2 Å². The van der Waals surface area contributed by atoms with Crippen molar-refractivity contribution in [3.8, 4) is 0 Å². The predicted octanol–water partition coefficient (Wildman–Crippen LogP) is -0.475. The van der Waals surface area contributed by atoms with Gasteiger partial charge in [-0.25, -0.2) is 0 Å². The van der Waals surface area contributed by atoms with Crippen LogP contribution in [0.5, 0.6) is 0 Å². The van der Waals surface area contributed by atoms with E-state index in [0.717, 1.165) is 25.9 Å². The molecule has 15 heavy (non-hydrogen) atoms. The molecule has 0 amide bonds. The van der Waals surface area contributed by atoms with Crippen LogP contribution in [0.2, 0.25) is 0 Å². The van der Waals surface area contributed by atoms with Crippen LogP contribution in [-0.4, -0.2) is 44.9 Å². The maximum atomic E-state index is 11.9. The lowest BCUT2D eigenvalue weighted by atomic mass is 10.1. The normalized spacial score (nSPS) is 33.7. The smallest absolute Gasteiger partial charge is 0.279 e. The number of hydrogen-bond donors (Lipinski definition) is 2. The van der Waals surface area contributed by atoms with Gasteiger partial charge in [0.2, 0.25) is 0 Å². The van der Waals surface area contributed by atoms with Crippen molar-refractivity contribution in [3.05, 3.63) is 0 Å². The monoisotopic (exact) mass is 233 g/mol. The van der Waals surface area contributed by atoms with Crippen molar-refractivity contribution in [2.45, 2.75) is 25.8 Å². The van der Waals surface area contributed by atoms with Gasteiger partial charge in [0.25, 0.3) is 10.2 Å². The topological polar surface area (TPSA) is 61.4 Å². The second-order valence-corrected chi connectivity index (χ2v) is 6.17. The fraction of sp³-hybridized carbons (Fsp3) is 1.00. The first-order valence-corrected chi connectivity index (χ1v) is 7.02. The first-order valence-electron chi connectivity index (χ1n) is 5.58. The van der Waals surface area contributed by atoms with E-state index in [1.807, 2.05) is 0 Å². The van der Waals surface area contributed by atoms with Crippen LogP contribution < -0.4 is 10.0 Å². The van der Waals surface area contributed by atoms with Crippen molar-refractivity contribution in [1.82, 2.24) is 14.3 Å². The molecule has 2 N–H and O–H groups in total. The summed E-state index contributed by atoms with van der Waals surface area (Å²) < 4.78 is 28.2. The van der Waals surface area contributed by atoms with E-state index in [1.54, 1.807) is 4.31 Å². The lowest BCUT2D eigenvalue weighted by Gasteiger charge is -2.21. The quantitative estimate of drug-likeness (QED) is 0.692. The zero-order valence-electron chi connectivity index (χ0n) is 9.07. The third-order valence-corrected chi connectivity index (χ3v) is 4.87. The van der Waals surface area contributed by atoms with Crippen LogP contribution >= 0.6 is 0 Å². The molecule has 2 aliphatic heterocycles. The maximum absolute atomic E-state index is 11.9. The molecule has 2 atom stereocenters. The molecule has 0 aromatic carbocycles. The van der Waals surface area contributed by atoms with Gasteiger partial charge in [-0.15, -0.1) is 0 Å². The van der Waals surface area contributed by atoms with E-state index < -0.39 is 10.2 Å². The summed E-state index contributed by atoms with van der Waals surface area (Å²) in [5.74, 6) is 0.377. The summed E-state index contributed by atoms with van der Waals surface area (Å²) in [7, 11) is -3.23. The number of hydrogen-bond acceptors (Lipinski definition) is 3. The first kappa shape index (κ1) is 11.3. The molecule has 2 aliphatic rings. The summed E-state index contributed by atoms with van der Waals surface area (Å²) >= 11 is 0. The van der Waals surface area contributed by atoms with Crippen LogP contribution in [0.15, 0.2) is 0 Å². The second-order valence-electron chi connectivity index (χ2n) is 4.47. The van der Waals surface area contributed by atoms with E-state index in [-0.39, 0.29) is 6.04 Å². The van der Waals surface area contributed by atoms with Crippen LogP contribution in [0.4, 0.5) is 0 Å². The molecule has 2 unspecified atom stereocenters. The van der Waals surface area contributed by atoms with Gasteiger partial charge in [-0.3, -0.25) is 0 Å². The summed E-state index contributed by atoms with van der Waals surface area (Å²) in [5.41, 5.74) is 0. The van der Waals surface area contributed by atoms with Crippen molar-refractivity contribution in [2.75, 3.05) is 26.2 Å². The summed E-state index contributed by atoms with van der Waals surface area (Å²) in [6.45, 7) is 5.05. The Hall–Kier alpha value is -0.170. The van der Waals surface area contributed by atoms with Gasteiger partial charge in [-0.2, -0.15) is 17.4 Å². The Morgan fingerprint density at radius 1 is 1.27 bits per heavy atom. The van der Waals surface area contributed by atoms with Crippen molar-refractivity contribution >= 4 is 10.2 Å². The average molecular weight is 233 g/mol. The minimum atomic E-state index is -3.23. The lowest BCUT2D eigenvalue weighted by Crippen LogP contribution is -2.46. The van der Waals surface area contributed by atoms with E-state index >= 15 is 0 Å². The highest BCUT2D eigenvalue weighted by molar-refractivity contribution is 7.87. The highest BCUT2D eigenvalue weighted by Gasteiger charge is 2.31. The van der Waals surface area contributed by atoms with Crippen LogP contribution in [0.3, 0.4) is 0 Å². The standard InChI is InChI=1S/C9H19N3O2S/c1-8-6-10-7-9(8)11-15(13,14)12-4-2-3-5-12/h8-11H,2-7H2,1H3. The second kappa shape index (κ2) is 4.37. The summed E-state index contributed by atoms with van der Waals surface area (Å²) in [6.07, 6.45) is 1.97. The molecule has 2 fully saturated rings. The Labute approximate surface area is 91.4 Å². The molecule has 2 heterocycles. The van der Waals surface area contributed by atoms with Gasteiger partial charge in [0.15, 0.2) is 0 Å². The van der Waals surface area contributed by atoms with Gasteiger partial charge in [-0.05, 0) is 25.3 Å². The molecule has 0 bridgehead atoms. The van der Waals surface area contributed by atoms with Crippen molar-refractivity contribution in [1.29, 1.82) is 0 Å². The Balaban J connectivity index is 1.97. The maximum Gasteiger partial charge on any atom is 0.279 e.